The smallest absolute Gasteiger partial charge is 0.433 e. The number of nitrogens with one attached hydrogen (secondary N) is 1. The number of hydrogen-bond acceptors (Lipinski definition) is 6. The molecule has 0 aromatic carbocycles. The van der Waals surface area contributed by atoms with Crippen molar-refractivity contribution in [2.75, 3.05) is 7.11 Å². The Morgan fingerprint density at radius 3 is 2.48 bits per heavy atom. The summed E-state index contributed by atoms with van der Waals surface area (Å²) >= 11 is 0. The van der Waals surface area contributed by atoms with Crippen LogP contribution in [0, 0.1) is 0 Å². The number of nitrogens with zero attached hydrogens (tertiary/aromatic N) is 2. The predicted molar refractivity (Wildman–Crippen MR) is 90.0 cm³/mol. The zero-order valence-corrected chi connectivity index (χ0v) is 14.5. The number of halogens is 3. The van der Waals surface area contributed by atoms with E-state index < -0.39 is 30.1 Å². The molecule has 2 aromatic heterocycles. The Balaban J connectivity index is 1.73. The van der Waals surface area contributed by atoms with Gasteiger partial charge in [-0.05, 0) is 23.6 Å². The number of hydrogen-bond donors (Lipinski definition) is 3. The highest BCUT2D eigenvalue weighted by atomic mass is 19.4. The van der Waals surface area contributed by atoms with Crippen LogP contribution >= 0.6 is 0 Å². The third-order valence-electron chi connectivity index (χ3n) is 4.74. The van der Waals surface area contributed by atoms with E-state index in [0.29, 0.717) is 18.0 Å². The van der Waals surface area contributed by atoms with Gasteiger partial charge in [0.2, 0.25) is 5.88 Å². The second-order valence-electron chi connectivity index (χ2n) is 6.49. The fraction of sp³-hybridized carbons (Fsp3) is 0.444. The predicted octanol–water partition coefficient (Wildman–Crippen LogP) is 1.87. The van der Waals surface area contributed by atoms with Crippen molar-refractivity contribution in [2.24, 2.45) is 0 Å². The van der Waals surface area contributed by atoms with Gasteiger partial charge in [-0.1, -0.05) is 12.1 Å². The highest BCUT2D eigenvalue weighted by Gasteiger charge is 2.42. The molecule has 1 aliphatic rings. The van der Waals surface area contributed by atoms with Crippen LogP contribution in [-0.4, -0.2) is 45.5 Å². The Hall–Kier alpha value is -2.23. The molecule has 0 spiro atoms. The molecular formula is C18H20F3N3O3. The molecule has 2 heterocycles. The second-order valence-corrected chi connectivity index (χ2v) is 6.49. The van der Waals surface area contributed by atoms with E-state index in [4.69, 9.17) is 4.74 Å². The highest BCUT2D eigenvalue weighted by Crippen LogP contribution is 2.36. The molecule has 0 radical (unpaired) electrons. The maximum absolute atomic E-state index is 12.7. The monoisotopic (exact) mass is 383 g/mol. The van der Waals surface area contributed by atoms with Crippen molar-refractivity contribution >= 4 is 0 Å². The lowest BCUT2D eigenvalue weighted by Gasteiger charge is -2.24. The lowest BCUT2D eigenvalue weighted by Crippen LogP contribution is -2.41. The Morgan fingerprint density at radius 2 is 1.93 bits per heavy atom. The van der Waals surface area contributed by atoms with E-state index in [-0.39, 0.29) is 12.3 Å². The van der Waals surface area contributed by atoms with Gasteiger partial charge < -0.3 is 20.3 Å². The number of aliphatic hydroxyl groups is 2. The first-order valence-electron chi connectivity index (χ1n) is 8.41. The van der Waals surface area contributed by atoms with E-state index in [9.17, 15) is 23.4 Å². The SMILES string of the molecule is COc1ccc(CN[C@H]2[C@H](O)[C@H](O)C[C@@H]2c2ccc(C(F)(F)F)nc2)cn1. The standard InChI is InChI=1S/C18H20F3N3O3/c1-27-15-5-2-10(7-23-15)8-24-16-12(6-13(25)17(16)26)11-3-4-14(22-9-11)18(19,20)21/h2-5,7,9,12-13,16-17,24-26H,6,8H2,1H3/t12-,13-,16-,17-/m1/s1. The third kappa shape index (κ3) is 4.37. The van der Waals surface area contributed by atoms with Gasteiger partial charge in [0.05, 0.1) is 19.3 Å². The molecule has 146 valence electrons. The molecule has 0 unspecified atom stereocenters. The number of aliphatic hydroxyl groups excluding tert-OH is 2. The number of alkyl halides is 3. The molecule has 0 bridgehead atoms. The van der Waals surface area contributed by atoms with Gasteiger partial charge in [0.15, 0.2) is 0 Å². The van der Waals surface area contributed by atoms with Crippen LogP contribution in [0.3, 0.4) is 0 Å². The minimum atomic E-state index is -4.51. The highest BCUT2D eigenvalue weighted by molar-refractivity contribution is 5.25. The van der Waals surface area contributed by atoms with Crippen molar-refractivity contribution in [2.45, 2.75) is 43.3 Å². The van der Waals surface area contributed by atoms with Crippen molar-refractivity contribution in [3.05, 3.63) is 53.5 Å². The molecule has 1 aliphatic carbocycles. The van der Waals surface area contributed by atoms with Crippen LogP contribution in [0.1, 0.15) is 29.2 Å². The fourth-order valence-electron chi connectivity index (χ4n) is 3.29. The largest absolute Gasteiger partial charge is 0.481 e. The van der Waals surface area contributed by atoms with E-state index in [1.807, 2.05) is 6.07 Å². The molecule has 2 aromatic rings. The van der Waals surface area contributed by atoms with Crippen molar-refractivity contribution in [3.63, 3.8) is 0 Å². The molecule has 0 saturated heterocycles. The number of ether oxygens (including phenoxy) is 1. The van der Waals surface area contributed by atoms with Gasteiger partial charge in [-0.15, -0.1) is 0 Å². The first kappa shape index (κ1) is 19.5. The van der Waals surface area contributed by atoms with Gasteiger partial charge in [-0.25, -0.2) is 4.98 Å². The first-order valence-corrected chi connectivity index (χ1v) is 8.41. The molecule has 3 rings (SSSR count). The quantitative estimate of drug-likeness (QED) is 0.731. The van der Waals surface area contributed by atoms with Crippen LogP contribution in [0.25, 0.3) is 0 Å². The summed E-state index contributed by atoms with van der Waals surface area (Å²) in [6.45, 7) is 0.371. The second kappa shape index (κ2) is 7.79. The maximum Gasteiger partial charge on any atom is 0.433 e. The summed E-state index contributed by atoms with van der Waals surface area (Å²) in [5, 5.41) is 23.5. The summed E-state index contributed by atoms with van der Waals surface area (Å²) in [7, 11) is 1.51. The minimum absolute atomic E-state index is 0.229. The zero-order valence-electron chi connectivity index (χ0n) is 14.5. The minimum Gasteiger partial charge on any atom is -0.481 e. The normalized spacial score (nSPS) is 25.6. The third-order valence-corrected chi connectivity index (χ3v) is 4.74. The first-order chi connectivity index (χ1) is 12.8. The van der Waals surface area contributed by atoms with Crippen LogP contribution in [0.4, 0.5) is 13.2 Å². The molecule has 9 heteroatoms. The maximum atomic E-state index is 12.7. The van der Waals surface area contributed by atoms with Crippen LogP contribution < -0.4 is 10.1 Å². The van der Waals surface area contributed by atoms with E-state index >= 15 is 0 Å². The molecular weight excluding hydrogens is 363 g/mol. The van der Waals surface area contributed by atoms with Gasteiger partial charge in [0, 0.05) is 37.0 Å². The average molecular weight is 383 g/mol. The zero-order chi connectivity index (χ0) is 19.6. The van der Waals surface area contributed by atoms with Crippen molar-refractivity contribution in [3.8, 4) is 5.88 Å². The Bertz CT molecular complexity index is 753. The van der Waals surface area contributed by atoms with Gasteiger partial charge in [0.1, 0.15) is 5.69 Å². The summed E-state index contributed by atoms with van der Waals surface area (Å²) in [6.07, 6.45) is -3.51. The van der Waals surface area contributed by atoms with Crippen LogP contribution in [0.5, 0.6) is 5.88 Å². The van der Waals surface area contributed by atoms with E-state index in [0.717, 1.165) is 17.8 Å². The number of pyridine rings is 2. The van der Waals surface area contributed by atoms with Crippen LogP contribution in [-0.2, 0) is 12.7 Å². The van der Waals surface area contributed by atoms with E-state index in [1.54, 1.807) is 12.3 Å². The Labute approximate surface area is 154 Å². The lowest BCUT2D eigenvalue weighted by molar-refractivity contribution is -0.141. The topological polar surface area (TPSA) is 87.5 Å². The van der Waals surface area contributed by atoms with Crippen molar-refractivity contribution in [1.29, 1.82) is 0 Å². The summed E-state index contributed by atoms with van der Waals surface area (Å²) in [5.41, 5.74) is 0.400. The Kier molecular flexibility index (Phi) is 5.64. The number of rotatable bonds is 5. The molecule has 1 saturated carbocycles. The number of methoxy groups -OCH3 is 1. The van der Waals surface area contributed by atoms with Gasteiger partial charge >= 0.3 is 6.18 Å². The van der Waals surface area contributed by atoms with Crippen molar-refractivity contribution in [1.82, 2.24) is 15.3 Å². The molecule has 27 heavy (non-hydrogen) atoms. The number of aromatic nitrogens is 2. The molecule has 4 atom stereocenters. The summed E-state index contributed by atoms with van der Waals surface area (Å²) < 4.78 is 43.1. The summed E-state index contributed by atoms with van der Waals surface area (Å²) in [4.78, 5) is 7.57. The fourth-order valence-corrected chi connectivity index (χ4v) is 3.29. The summed E-state index contributed by atoms with van der Waals surface area (Å²) in [6, 6.07) is 5.24. The molecule has 0 amide bonds. The lowest BCUT2D eigenvalue weighted by atomic mass is 9.94. The van der Waals surface area contributed by atoms with Crippen LogP contribution in [0.15, 0.2) is 36.7 Å². The molecule has 1 fully saturated rings. The van der Waals surface area contributed by atoms with E-state index in [2.05, 4.69) is 15.3 Å². The molecule has 0 aliphatic heterocycles. The van der Waals surface area contributed by atoms with Gasteiger partial charge in [0.25, 0.3) is 0 Å². The van der Waals surface area contributed by atoms with Crippen LogP contribution in [0.2, 0.25) is 0 Å². The van der Waals surface area contributed by atoms with Gasteiger partial charge in [-0.3, -0.25) is 4.98 Å². The Morgan fingerprint density at radius 1 is 1.15 bits per heavy atom. The molecule has 6 nitrogen and oxygen atoms in total. The summed E-state index contributed by atoms with van der Waals surface area (Å²) in [5.74, 6) is 0.111. The van der Waals surface area contributed by atoms with Gasteiger partial charge in [-0.2, -0.15) is 13.2 Å². The van der Waals surface area contributed by atoms with Crippen molar-refractivity contribution < 1.29 is 28.1 Å². The van der Waals surface area contributed by atoms with E-state index in [1.165, 1.54) is 13.2 Å². The molecule has 3 N–H and O–H groups in total. The average Bonchev–Trinajstić information content (AvgIpc) is 2.94.